The number of methoxy groups -OCH3 is 1. The van der Waals surface area contributed by atoms with Gasteiger partial charge in [-0.25, -0.2) is 0 Å². The molecule has 16 heavy (non-hydrogen) atoms. The van der Waals surface area contributed by atoms with Crippen molar-refractivity contribution in [2.75, 3.05) is 7.11 Å². The molecule has 0 unspecified atom stereocenters. The zero-order valence-corrected chi connectivity index (χ0v) is 9.40. The van der Waals surface area contributed by atoms with Crippen LogP contribution in [-0.4, -0.2) is 12.1 Å². The van der Waals surface area contributed by atoms with Crippen LogP contribution in [-0.2, 0) is 5.88 Å². The molecule has 0 amide bonds. The lowest BCUT2D eigenvalue weighted by molar-refractivity contribution is 0.330. The van der Waals surface area contributed by atoms with E-state index in [4.69, 9.17) is 25.5 Å². The summed E-state index contributed by atoms with van der Waals surface area (Å²) in [6.45, 7) is 0. The topological polar surface area (TPSA) is 44.5 Å². The summed E-state index contributed by atoms with van der Waals surface area (Å²) in [6, 6.07) is 7.12. The van der Waals surface area contributed by atoms with Crippen molar-refractivity contribution < 1.29 is 13.9 Å². The lowest BCUT2D eigenvalue weighted by atomic mass is 10.3. The Morgan fingerprint density at radius 2 is 1.94 bits per heavy atom. The summed E-state index contributed by atoms with van der Waals surface area (Å²) >= 11 is 5.59. The van der Waals surface area contributed by atoms with E-state index in [1.165, 1.54) is 6.26 Å². The molecule has 0 saturated carbocycles. The molecule has 0 aliphatic rings. The second-order valence-corrected chi connectivity index (χ2v) is 3.28. The van der Waals surface area contributed by atoms with Gasteiger partial charge < -0.3 is 13.9 Å². The molecule has 0 aliphatic heterocycles. The molecule has 5 heteroatoms. The molecule has 2 rings (SSSR count). The Kier molecular flexibility index (Phi) is 3.31. The van der Waals surface area contributed by atoms with E-state index < -0.39 is 0 Å². The summed E-state index contributed by atoms with van der Waals surface area (Å²) in [4.78, 5) is 4.01. The van der Waals surface area contributed by atoms with Crippen LogP contribution in [0.4, 0.5) is 0 Å². The van der Waals surface area contributed by atoms with Gasteiger partial charge in [0.15, 0.2) is 0 Å². The van der Waals surface area contributed by atoms with Crippen LogP contribution < -0.4 is 9.47 Å². The number of ether oxygens (including phenoxy) is 2. The van der Waals surface area contributed by atoms with Crippen LogP contribution in [0.25, 0.3) is 0 Å². The second kappa shape index (κ2) is 4.90. The highest BCUT2D eigenvalue weighted by molar-refractivity contribution is 6.16. The SMILES string of the molecule is COc1ccc(Oc2nc(CCl)co2)cc1. The van der Waals surface area contributed by atoms with Crippen LogP contribution in [0.5, 0.6) is 17.6 Å². The fraction of sp³-hybridized carbons (Fsp3) is 0.182. The summed E-state index contributed by atoms with van der Waals surface area (Å²) in [5.41, 5.74) is 0.644. The summed E-state index contributed by atoms with van der Waals surface area (Å²) in [5.74, 6) is 1.69. The number of aromatic nitrogens is 1. The van der Waals surface area contributed by atoms with Crippen molar-refractivity contribution in [2.45, 2.75) is 5.88 Å². The highest BCUT2D eigenvalue weighted by atomic mass is 35.5. The molecule has 0 bridgehead atoms. The van der Waals surface area contributed by atoms with Gasteiger partial charge in [0.25, 0.3) is 0 Å². The van der Waals surface area contributed by atoms with Gasteiger partial charge in [-0.1, -0.05) is 0 Å². The zero-order chi connectivity index (χ0) is 11.4. The Balaban J connectivity index is 2.08. The highest BCUT2D eigenvalue weighted by Crippen LogP contribution is 2.23. The first kappa shape index (κ1) is 10.8. The Bertz CT molecular complexity index is 453. The molecular formula is C11H10ClNO3. The van der Waals surface area contributed by atoms with Crippen molar-refractivity contribution in [3.8, 4) is 17.6 Å². The largest absolute Gasteiger partial charge is 0.497 e. The fourth-order valence-electron chi connectivity index (χ4n) is 1.14. The third-order valence-electron chi connectivity index (χ3n) is 1.93. The molecule has 0 N–H and O–H groups in total. The number of nitrogens with zero attached hydrogens (tertiary/aromatic N) is 1. The molecule has 1 aromatic heterocycles. The Morgan fingerprint density at radius 1 is 1.25 bits per heavy atom. The molecule has 0 radical (unpaired) electrons. The van der Waals surface area contributed by atoms with Gasteiger partial charge in [-0.2, -0.15) is 4.98 Å². The first-order chi connectivity index (χ1) is 7.81. The van der Waals surface area contributed by atoms with E-state index in [1.54, 1.807) is 31.4 Å². The third kappa shape index (κ3) is 2.46. The zero-order valence-electron chi connectivity index (χ0n) is 8.64. The van der Waals surface area contributed by atoms with Gasteiger partial charge in [0, 0.05) is 0 Å². The van der Waals surface area contributed by atoms with Crippen molar-refractivity contribution >= 4 is 11.6 Å². The minimum absolute atomic E-state index is 0.181. The fourth-order valence-corrected chi connectivity index (χ4v) is 1.26. The smallest absolute Gasteiger partial charge is 0.399 e. The van der Waals surface area contributed by atoms with Gasteiger partial charge in [-0.15, -0.1) is 11.6 Å². The molecule has 0 atom stereocenters. The minimum atomic E-state index is 0.181. The maximum Gasteiger partial charge on any atom is 0.399 e. The predicted molar refractivity (Wildman–Crippen MR) is 59.1 cm³/mol. The number of hydrogen-bond donors (Lipinski definition) is 0. The highest BCUT2D eigenvalue weighted by Gasteiger charge is 2.05. The van der Waals surface area contributed by atoms with Crippen molar-refractivity contribution in [1.82, 2.24) is 4.98 Å². The normalized spacial score (nSPS) is 10.1. The van der Waals surface area contributed by atoms with Crippen LogP contribution in [0.1, 0.15) is 5.69 Å². The van der Waals surface area contributed by atoms with Crippen molar-refractivity contribution in [1.29, 1.82) is 0 Å². The van der Waals surface area contributed by atoms with Crippen LogP contribution in [0, 0.1) is 0 Å². The number of alkyl halides is 1. The van der Waals surface area contributed by atoms with Crippen LogP contribution in [0.15, 0.2) is 34.9 Å². The maximum atomic E-state index is 5.59. The standard InChI is InChI=1S/C11H10ClNO3/c1-14-9-2-4-10(5-3-9)16-11-13-8(6-12)7-15-11/h2-5,7H,6H2,1H3. The molecule has 4 nitrogen and oxygen atoms in total. The molecule has 0 aliphatic carbocycles. The van der Waals surface area contributed by atoms with E-state index in [1.807, 2.05) is 0 Å². The average molecular weight is 240 g/mol. The van der Waals surface area contributed by atoms with E-state index in [9.17, 15) is 0 Å². The predicted octanol–water partition coefficient (Wildman–Crippen LogP) is 3.21. The van der Waals surface area contributed by atoms with Gasteiger partial charge in [0.2, 0.25) is 0 Å². The van der Waals surface area contributed by atoms with E-state index in [0.717, 1.165) is 5.75 Å². The van der Waals surface area contributed by atoms with Gasteiger partial charge in [-0.05, 0) is 24.3 Å². The van der Waals surface area contributed by atoms with Crippen LogP contribution >= 0.6 is 11.6 Å². The van der Waals surface area contributed by atoms with Crippen molar-refractivity contribution in [2.24, 2.45) is 0 Å². The molecule has 1 aromatic carbocycles. The molecule has 2 aromatic rings. The minimum Gasteiger partial charge on any atom is -0.497 e. The third-order valence-corrected chi connectivity index (χ3v) is 2.21. The summed E-state index contributed by atoms with van der Waals surface area (Å²) in [5, 5.41) is 0. The average Bonchev–Trinajstić information content (AvgIpc) is 2.78. The lowest BCUT2D eigenvalue weighted by Gasteiger charge is -2.02. The number of halogens is 1. The van der Waals surface area contributed by atoms with E-state index in [0.29, 0.717) is 17.3 Å². The van der Waals surface area contributed by atoms with Gasteiger partial charge in [0.1, 0.15) is 17.8 Å². The maximum absolute atomic E-state index is 5.59. The lowest BCUT2D eigenvalue weighted by Crippen LogP contribution is -1.86. The summed E-state index contributed by atoms with van der Waals surface area (Å²) in [6.07, 6.45) is 1.65. The van der Waals surface area contributed by atoms with Gasteiger partial charge in [0.05, 0.1) is 18.7 Å². The quantitative estimate of drug-likeness (QED) is 0.769. The van der Waals surface area contributed by atoms with Gasteiger partial charge >= 0.3 is 6.08 Å². The van der Waals surface area contributed by atoms with E-state index in [-0.39, 0.29) is 6.08 Å². The van der Waals surface area contributed by atoms with E-state index in [2.05, 4.69) is 4.98 Å². The monoisotopic (exact) mass is 239 g/mol. The van der Waals surface area contributed by atoms with Crippen LogP contribution in [0.2, 0.25) is 0 Å². The number of oxazole rings is 1. The molecule has 0 spiro atoms. The summed E-state index contributed by atoms with van der Waals surface area (Å²) in [7, 11) is 1.61. The number of rotatable bonds is 4. The second-order valence-electron chi connectivity index (χ2n) is 3.02. The number of benzene rings is 1. The van der Waals surface area contributed by atoms with Crippen molar-refractivity contribution in [3.63, 3.8) is 0 Å². The van der Waals surface area contributed by atoms with Gasteiger partial charge in [-0.3, -0.25) is 0 Å². The molecular weight excluding hydrogens is 230 g/mol. The molecule has 84 valence electrons. The Hall–Kier alpha value is -1.68. The van der Waals surface area contributed by atoms with Crippen molar-refractivity contribution in [3.05, 3.63) is 36.2 Å². The summed E-state index contributed by atoms with van der Waals surface area (Å²) < 4.78 is 15.5. The molecule has 0 saturated heterocycles. The molecule has 0 fully saturated rings. The first-order valence-corrected chi connectivity index (χ1v) is 5.17. The Morgan fingerprint density at radius 3 is 2.50 bits per heavy atom. The number of hydrogen-bond acceptors (Lipinski definition) is 4. The Labute approximate surface area is 97.8 Å². The molecule has 1 heterocycles. The van der Waals surface area contributed by atoms with E-state index >= 15 is 0 Å². The van der Waals surface area contributed by atoms with Crippen LogP contribution in [0.3, 0.4) is 0 Å². The first-order valence-electron chi connectivity index (χ1n) is 4.64.